The summed E-state index contributed by atoms with van der Waals surface area (Å²) in [6, 6.07) is 7.64. The largest absolute Gasteiger partial charge is 0.399 e. The maximum absolute atomic E-state index is 12.2. The maximum atomic E-state index is 12.2. The highest BCUT2D eigenvalue weighted by Gasteiger charge is 2.34. The second-order valence-corrected chi connectivity index (χ2v) is 5.32. The molecule has 0 radical (unpaired) electrons. The van der Waals surface area contributed by atoms with Crippen LogP contribution in [0, 0.1) is 5.92 Å². The molecule has 0 aliphatic heterocycles. The molecule has 1 saturated carbocycles. The van der Waals surface area contributed by atoms with Crippen LogP contribution in [0.25, 0.3) is 0 Å². The standard InChI is InChI=1S/C14H19NO/c1-14(2,13(16)9-10-3-4-10)11-5-7-12(15)8-6-11/h5-8,10H,3-4,9,15H2,1-2H3. The van der Waals surface area contributed by atoms with Gasteiger partial charge in [0.2, 0.25) is 0 Å². The van der Waals surface area contributed by atoms with Crippen molar-refractivity contribution in [2.24, 2.45) is 5.92 Å². The van der Waals surface area contributed by atoms with Crippen molar-refractivity contribution in [3.63, 3.8) is 0 Å². The molecule has 2 N–H and O–H groups in total. The molecule has 2 rings (SSSR count). The second-order valence-electron chi connectivity index (χ2n) is 5.32. The fraction of sp³-hybridized carbons (Fsp3) is 0.500. The van der Waals surface area contributed by atoms with E-state index in [9.17, 15) is 4.79 Å². The molecule has 1 aromatic rings. The van der Waals surface area contributed by atoms with Crippen molar-refractivity contribution in [1.82, 2.24) is 0 Å². The minimum atomic E-state index is -0.379. The van der Waals surface area contributed by atoms with Crippen LogP contribution in [0.5, 0.6) is 0 Å². The average molecular weight is 217 g/mol. The normalized spacial score (nSPS) is 16.1. The molecular formula is C14H19NO. The third-order valence-electron chi connectivity index (χ3n) is 3.50. The monoisotopic (exact) mass is 217 g/mol. The molecule has 2 nitrogen and oxygen atoms in total. The molecule has 0 saturated heterocycles. The van der Waals surface area contributed by atoms with Gasteiger partial charge in [0, 0.05) is 17.5 Å². The lowest BCUT2D eigenvalue weighted by Crippen LogP contribution is -2.29. The van der Waals surface area contributed by atoms with Crippen molar-refractivity contribution >= 4 is 11.5 Å². The molecule has 0 atom stereocenters. The lowest BCUT2D eigenvalue weighted by molar-refractivity contribution is -0.123. The molecule has 16 heavy (non-hydrogen) atoms. The van der Waals surface area contributed by atoms with Gasteiger partial charge >= 0.3 is 0 Å². The lowest BCUT2D eigenvalue weighted by atomic mass is 9.79. The van der Waals surface area contributed by atoms with Gasteiger partial charge in [-0.15, -0.1) is 0 Å². The molecular weight excluding hydrogens is 198 g/mol. The van der Waals surface area contributed by atoms with Gasteiger partial charge in [0.15, 0.2) is 0 Å². The zero-order valence-electron chi connectivity index (χ0n) is 9.99. The zero-order chi connectivity index (χ0) is 11.8. The van der Waals surface area contributed by atoms with Gasteiger partial charge in [-0.3, -0.25) is 4.79 Å². The van der Waals surface area contributed by atoms with Gasteiger partial charge in [-0.25, -0.2) is 0 Å². The van der Waals surface area contributed by atoms with Gasteiger partial charge < -0.3 is 5.73 Å². The minimum absolute atomic E-state index is 0.347. The SMILES string of the molecule is CC(C)(C(=O)CC1CC1)c1ccc(N)cc1. The van der Waals surface area contributed by atoms with Crippen molar-refractivity contribution in [3.8, 4) is 0 Å². The Morgan fingerprint density at radius 1 is 1.31 bits per heavy atom. The first-order valence-electron chi connectivity index (χ1n) is 5.89. The van der Waals surface area contributed by atoms with Crippen LogP contribution in [0.15, 0.2) is 24.3 Å². The smallest absolute Gasteiger partial charge is 0.143 e. The van der Waals surface area contributed by atoms with Gasteiger partial charge in [0.25, 0.3) is 0 Å². The van der Waals surface area contributed by atoms with E-state index in [1.807, 2.05) is 38.1 Å². The number of carbonyl (C=O) groups is 1. The fourth-order valence-electron chi connectivity index (χ4n) is 1.90. The Morgan fingerprint density at radius 2 is 1.88 bits per heavy atom. The molecule has 1 aliphatic carbocycles. The number of hydrogen-bond acceptors (Lipinski definition) is 2. The van der Waals surface area contributed by atoms with Crippen LogP contribution in [-0.2, 0) is 10.2 Å². The molecule has 0 unspecified atom stereocenters. The number of carbonyl (C=O) groups excluding carboxylic acids is 1. The quantitative estimate of drug-likeness (QED) is 0.788. The van der Waals surface area contributed by atoms with Crippen LogP contribution in [0.1, 0.15) is 38.7 Å². The van der Waals surface area contributed by atoms with E-state index in [0.29, 0.717) is 11.7 Å². The predicted molar refractivity (Wildman–Crippen MR) is 66.2 cm³/mol. The van der Waals surface area contributed by atoms with Crippen LogP contribution < -0.4 is 5.73 Å². The number of hydrogen-bond donors (Lipinski definition) is 1. The molecule has 2 heteroatoms. The summed E-state index contributed by atoms with van der Waals surface area (Å²) in [6.07, 6.45) is 3.19. The maximum Gasteiger partial charge on any atom is 0.143 e. The Hall–Kier alpha value is -1.31. The van der Waals surface area contributed by atoms with Crippen molar-refractivity contribution in [3.05, 3.63) is 29.8 Å². The second kappa shape index (κ2) is 3.93. The Labute approximate surface area is 96.8 Å². The lowest BCUT2D eigenvalue weighted by Gasteiger charge is -2.23. The van der Waals surface area contributed by atoms with Crippen LogP contribution in [-0.4, -0.2) is 5.78 Å². The molecule has 0 bridgehead atoms. The van der Waals surface area contributed by atoms with E-state index in [-0.39, 0.29) is 5.41 Å². The summed E-state index contributed by atoms with van der Waals surface area (Å²) in [4.78, 5) is 12.2. The number of nitrogens with two attached hydrogens (primary N) is 1. The summed E-state index contributed by atoms with van der Waals surface area (Å²) in [6.45, 7) is 4.01. The number of nitrogen functional groups attached to an aromatic ring is 1. The summed E-state index contributed by atoms with van der Waals surface area (Å²) in [5, 5.41) is 0. The highest BCUT2D eigenvalue weighted by molar-refractivity contribution is 5.89. The van der Waals surface area contributed by atoms with E-state index >= 15 is 0 Å². The molecule has 0 spiro atoms. The van der Waals surface area contributed by atoms with Crippen molar-refractivity contribution in [2.75, 3.05) is 5.73 Å². The molecule has 0 amide bonds. The molecule has 1 aliphatic rings. The van der Waals surface area contributed by atoms with Gasteiger partial charge in [-0.05, 0) is 50.3 Å². The Balaban J connectivity index is 2.15. The number of anilines is 1. The van der Waals surface area contributed by atoms with Crippen LogP contribution in [0.2, 0.25) is 0 Å². The predicted octanol–water partition coefficient (Wildman–Crippen LogP) is 2.92. The van der Waals surface area contributed by atoms with Crippen LogP contribution >= 0.6 is 0 Å². The van der Waals surface area contributed by atoms with Gasteiger partial charge in [-0.1, -0.05) is 12.1 Å². The molecule has 0 heterocycles. The average Bonchev–Trinajstić information content (AvgIpc) is 3.02. The summed E-state index contributed by atoms with van der Waals surface area (Å²) in [5.41, 5.74) is 7.08. The number of Topliss-reactive ketones (excluding diaryl/α,β-unsaturated/α-hetero) is 1. The Kier molecular flexibility index (Phi) is 2.75. The molecule has 1 aromatic carbocycles. The van der Waals surface area contributed by atoms with E-state index in [4.69, 9.17) is 5.73 Å². The van der Waals surface area contributed by atoms with E-state index in [1.54, 1.807) is 0 Å². The van der Waals surface area contributed by atoms with E-state index in [2.05, 4.69) is 0 Å². The Morgan fingerprint density at radius 3 is 2.38 bits per heavy atom. The van der Waals surface area contributed by atoms with E-state index < -0.39 is 0 Å². The van der Waals surface area contributed by atoms with Gasteiger partial charge in [-0.2, -0.15) is 0 Å². The first-order chi connectivity index (χ1) is 7.50. The summed E-state index contributed by atoms with van der Waals surface area (Å²) in [5.74, 6) is 1.00. The summed E-state index contributed by atoms with van der Waals surface area (Å²) >= 11 is 0. The molecule has 1 fully saturated rings. The number of benzene rings is 1. The number of ketones is 1. The van der Waals surface area contributed by atoms with Crippen molar-refractivity contribution in [2.45, 2.75) is 38.5 Å². The van der Waals surface area contributed by atoms with Gasteiger partial charge in [0.1, 0.15) is 5.78 Å². The summed E-state index contributed by atoms with van der Waals surface area (Å²) in [7, 11) is 0. The molecule has 86 valence electrons. The topological polar surface area (TPSA) is 43.1 Å². The summed E-state index contributed by atoms with van der Waals surface area (Å²) < 4.78 is 0. The highest BCUT2D eigenvalue weighted by Crippen LogP contribution is 2.36. The van der Waals surface area contributed by atoms with Crippen LogP contribution in [0.4, 0.5) is 5.69 Å². The fourth-order valence-corrected chi connectivity index (χ4v) is 1.90. The Bertz CT molecular complexity index is 388. The minimum Gasteiger partial charge on any atom is -0.399 e. The van der Waals surface area contributed by atoms with E-state index in [1.165, 1.54) is 12.8 Å². The van der Waals surface area contributed by atoms with E-state index in [0.717, 1.165) is 17.7 Å². The number of rotatable bonds is 4. The zero-order valence-corrected chi connectivity index (χ0v) is 9.99. The third kappa shape index (κ3) is 2.26. The van der Waals surface area contributed by atoms with Crippen molar-refractivity contribution in [1.29, 1.82) is 0 Å². The van der Waals surface area contributed by atoms with Crippen LogP contribution in [0.3, 0.4) is 0 Å². The van der Waals surface area contributed by atoms with Crippen molar-refractivity contribution < 1.29 is 4.79 Å². The first kappa shape index (κ1) is 11.2. The van der Waals surface area contributed by atoms with Gasteiger partial charge in [0.05, 0.1) is 0 Å². The first-order valence-corrected chi connectivity index (χ1v) is 5.89. The third-order valence-corrected chi connectivity index (χ3v) is 3.50. The highest BCUT2D eigenvalue weighted by atomic mass is 16.1. The molecule has 0 aromatic heterocycles.